The summed E-state index contributed by atoms with van der Waals surface area (Å²) in [5.74, 6) is -1.27. The number of carbonyl (C=O) groups excluding carboxylic acids is 3. The van der Waals surface area contributed by atoms with Gasteiger partial charge in [-0.3, -0.25) is 29.4 Å². The lowest BCUT2D eigenvalue weighted by Crippen LogP contribution is -2.36. The van der Waals surface area contributed by atoms with Crippen molar-refractivity contribution in [2.75, 3.05) is 11.9 Å². The van der Waals surface area contributed by atoms with Gasteiger partial charge in [-0.1, -0.05) is 29.3 Å². The Kier molecular flexibility index (Phi) is 6.45. The minimum atomic E-state index is -0.690. The first-order chi connectivity index (χ1) is 14.2. The summed E-state index contributed by atoms with van der Waals surface area (Å²) in [6.45, 7) is 1.32. The van der Waals surface area contributed by atoms with E-state index in [4.69, 9.17) is 23.2 Å². The molecule has 0 aromatic heterocycles. The van der Waals surface area contributed by atoms with Crippen LogP contribution < -0.4 is 5.32 Å². The Bertz CT molecular complexity index is 1120. The molecule has 0 spiro atoms. The third kappa shape index (κ3) is 4.81. The zero-order chi connectivity index (χ0) is 22.0. The number of hydrogen-bond acceptors (Lipinski definition) is 6. The average molecular weight is 466 g/mol. The van der Waals surface area contributed by atoms with Gasteiger partial charge in [-0.2, -0.15) is 0 Å². The zero-order valence-electron chi connectivity index (χ0n) is 15.3. The molecule has 0 aliphatic carbocycles. The largest absolute Gasteiger partial charge is 0.324 e. The Morgan fingerprint density at radius 1 is 1.20 bits per heavy atom. The fourth-order valence-electron chi connectivity index (χ4n) is 2.55. The van der Waals surface area contributed by atoms with Crippen molar-refractivity contribution in [3.63, 3.8) is 0 Å². The van der Waals surface area contributed by atoms with Gasteiger partial charge in [0.15, 0.2) is 0 Å². The predicted molar refractivity (Wildman–Crippen MR) is 116 cm³/mol. The molecule has 1 heterocycles. The molecule has 1 aliphatic heterocycles. The number of benzene rings is 2. The lowest BCUT2D eigenvalue weighted by Gasteiger charge is -2.13. The van der Waals surface area contributed by atoms with Crippen LogP contribution in [0.25, 0.3) is 6.08 Å². The maximum atomic E-state index is 12.6. The molecule has 0 saturated carbocycles. The first-order valence-corrected chi connectivity index (χ1v) is 9.98. The second-order valence-electron chi connectivity index (χ2n) is 6.24. The van der Waals surface area contributed by atoms with E-state index >= 15 is 0 Å². The second-order valence-corrected chi connectivity index (χ2v) is 8.05. The van der Waals surface area contributed by atoms with Crippen molar-refractivity contribution in [3.8, 4) is 0 Å². The standard InChI is InChI=1S/C19H13Cl2N3O5S/c1-10-2-3-12(8-15(10)21)22-17(25)9-23-18(26)16(30-19(23)27)7-11-6-13(24(28)29)4-5-14(11)20/h2-8H,9H2,1H3,(H,22,25)/b16-7-. The summed E-state index contributed by atoms with van der Waals surface area (Å²) in [7, 11) is 0. The van der Waals surface area contributed by atoms with Gasteiger partial charge >= 0.3 is 0 Å². The van der Waals surface area contributed by atoms with E-state index in [9.17, 15) is 24.5 Å². The summed E-state index contributed by atoms with van der Waals surface area (Å²) >= 11 is 12.7. The number of anilines is 1. The van der Waals surface area contributed by atoms with Gasteiger partial charge in [0, 0.05) is 33.4 Å². The zero-order valence-corrected chi connectivity index (χ0v) is 17.7. The minimum Gasteiger partial charge on any atom is -0.324 e. The van der Waals surface area contributed by atoms with E-state index in [0.717, 1.165) is 10.5 Å². The molecule has 3 amide bonds. The number of nitro benzene ring substituents is 1. The van der Waals surface area contributed by atoms with Gasteiger partial charge in [0.25, 0.3) is 16.8 Å². The van der Waals surface area contributed by atoms with Crippen LogP contribution in [0.3, 0.4) is 0 Å². The molecule has 30 heavy (non-hydrogen) atoms. The smallest absolute Gasteiger partial charge is 0.294 e. The molecule has 1 aliphatic rings. The molecule has 0 radical (unpaired) electrons. The third-order valence-corrected chi connectivity index (χ3v) is 5.77. The van der Waals surface area contributed by atoms with Gasteiger partial charge in [-0.25, -0.2) is 0 Å². The van der Waals surface area contributed by atoms with E-state index in [2.05, 4.69) is 5.32 Å². The molecule has 0 bridgehead atoms. The summed E-state index contributed by atoms with van der Waals surface area (Å²) in [6.07, 6.45) is 1.29. The van der Waals surface area contributed by atoms with Gasteiger partial charge in [-0.15, -0.1) is 0 Å². The van der Waals surface area contributed by atoms with Crippen LogP contribution in [-0.4, -0.2) is 33.4 Å². The topological polar surface area (TPSA) is 110 Å². The fourth-order valence-corrected chi connectivity index (χ4v) is 3.73. The highest BCUT2D eigenvalue weighted by Crippen LogP contribution is 2.34. The summed E-state index contributed by atoms with van der Waals surface area (Å²) in [6, 6.07) is 8.70. The molecule has 0 unspecified atom stereocenters. The SMILES string of the molecule is Cc1ccc(NC(=O)CN2C(=O)S/C(=C\c3cc([N+](=O)[O-])ccc3Cl)C2=O)cc1Cl. The molecule has 11 heteroatoms. The van der Waals surface area contributed by atoms with E-state index in [1.54, 1.807) is 18.2 Å². The maximum absolute atomic E-state index is 12.6. The number of hydrogen-bond donors (Lipinski definition) is 1. The van der Waals surface area contributed by atoms with Gasteiger partial charge in [-0.05, 0) is 48.5 Å². The Morgan fingerprint density at radius 3 is 2.60 bits per heavy atom. The number of thioether (sulfide) groups is 1. The molecular formula is C19H13Cl2N3O5S. The normalized spacial score (nSPS) is 15.0. The van der Waals surface area contributed by atoms with Gasteiger partial charge < -0.3 is 5.32 Å². The lowest BCUT2D eigenvalue weighted by molar-refractivity contribution is -0.384. The molecule has 154 valence electrons. The van der Waals surface area contributed by atoms with Crippen LogP contribution in [-0.2, 0) is 9.59 Å². The van der Waals surface area contributed by atoms with Crippen molar-refractivity contribution in [3.05, 3.63) is 72.6 Å². The Labute approximate surface area is 185 Å². The third-order valence-electron chi connectivity index (χ3n) is 4.11. The molecule has 0 atom stereocenters. The number of halogens is 2. The summed E-state index contributed by atoms with van der Waals surface area (Å²) in [5.41, 5.74) is 1.28. The summed E-state index contributed by atoms with van der Waals surface area (Å²) in [5, 5.41) is 13.5. The van der Waals surface area contributed by atoms with Gasteiger partial charge in [0.2, 0.25) is 5.91 Å². The van der Waals surface area contributed by atoms with Gasteiger partial charge in [0.05, 0.1) is 9.83 Å². The van der Waals surface area contributed by atoms with E-state index in [-0.39, 0.29) is 21.2 Å². The second kappa shape index (κ2) is 8.86. The number of nitrogens with zero attached hydrogens (tertiary/aromatic N) is 2. The van der Waals surface area contributed by atoms with Crippen molar-refractivity contribution < 1.29 is 19.3 Å². The molecule has 8 nitrogen and oxygen atoms in total. The number of nitrogens with one attached hydrogen (secondary N) is 1. The number of aryl methyl sites for hydroxylation is 1. The number of rotatable bonds is 5. The highest BCUT2D eigenvalue weighted by molar-refractivity contribution is 8.18. The van der Waals surface area contributed by atoms with Crippen molar-refractivity contribution >= 4 is 69.5 Å². The predicted octanol–water partition coefficient (Wildman–Crippen LogP) is 4.89. The van der Waals surface area contributed by atoms with Crippen LogP contribution >= 0.6 is 35.0 Å². The monoisotopic (exact) mass is 465 g/mol. The number of imide groups is 1. The van der Waals surface area contributed by atoms with Crippen LogP contribution in [0.1, 0.15) is 11.1 Å². The number of nitro groups is 1. The van der Waals surface area contributed by atoms with Crippen LogP contribution in [0.5, 0.6) is 0 Å². The first kappa shape index (κ1) is 21.8. The van der Waals surface area contributed by atoms with Crippen molar-refractivity contribution in [2.24, 2.45) is 0 Å². The van der Waals surface area contributed by atoms with Crippen LogP contribution in [0.2, 0.25) is 10.0 Å². The summed E-state index contributed by atoms with van der Waals surface area (Å²) in [4.78, 5) is 48.2. The van der Waals surface area contributed by atoms with E-state index < -0.39 is 28.5 Å². The average Bonchev–Trinajstić information content (AvgIpc) is 2.93. The van der Waals surface area contributed by atoms with E-state index in [0.29, 0.717) is 22.5 Å². The van der Waals surface area contributed by atoms with Crippen LogP contribution in [0, 0.1) is 17.0 Å². The number of carbonyl (C=O) groups is 3. The minimum absolute atomic E-state index is 0.00794. The molecule has 1 fully saturated rings. The van der Waals surface area contributed by atoms with Crippen molar-refractivity contribution in [1.29, 1.82) is 0 Å². The Balaban J connectivity index is 1.75. The highest BCUT2D eigenvalue weighted by atomic mass is 35.5. The molecule has 1 saturated heterocycles. The molecule has 2 aromatic rings. The fraction of sp³-hybridized carbons (Fsp3) is 0.105. The van der Waals surface area contributed by atoms with E-state index in [1.807, 2.05) is 6.92 Å². The quantitative estimate of drug-likeness (QED) is 0.382. The van der Waals surface area contributed by atoms with Crippen molar-refractivity contribution in [2.45, 2.75) is 6.92 Å². The molecular weight excluding hydrogens is 453 g/mol. The first-order valence-electron chi connectivity index (χ1n) is 8.41. The molecule has 1 N–H and O–H groups in total. The van der Waals surface area contributed by atoms with Gasteiger partial charge in [0.1, 0.15) is 6.54 Å². The number of non-ortho nitro benzene ring substituents is 1. The Hall–Kier alpha value is -2.88. The molecule has 2 aromatic carbocycles. The lowest BCUT2D eigenvalue weighted by atomic mass is 10.2. The van der Waals surface area contributed by atoms with Crippen LogP contribution in [0.4, 0.5) is 16.2 Å². The highest BCUT2D eigenvalue weighted by Gasteiger charge is 2.36. The number of amides is 3. The van der Waals surface area contributed by atoms with Crippen LogP contribution in [0.15, 0.2) is 41.3 Å². The van der Waals surface area contributed by atoms with E-state index in [1.165, 1.54) is 24.3 Å². The maximum Gasteiger partial charge on any atom is 0.294 e. The molecule has 3 rings (SSSR count). The summed E-state index contributed by atoms with van der Waals surface area (Å²) < 4.78 is 0. The van der Waals surface area contributed by atoms with Crippen molar-refractivity contribution in [1.82, 2.24) is 4.90 Å². The Morgan fingerprint density at radius 2 is 1.93 bits per heavy atom.